The molecule has 12 heteroatoms. The monoisotopic (exact) mass is 464 g/mol. The Balaban J connectivity index is 2.07. The lowest BCUT2D eigenvalue weighted by Crippen LogP contribution is -2.19. The topological polar surface area (TPSA) is 116 Å². The number of hydrogen-bond donors (Lipinski definition) is 2. The van der Waals surface area contributed by atoms with Crippen LogP contribution in [0, 0.1) is 12.7 Å². The van der Waals surface area contributed by atoms with E-state index in [9.17, 15) is 27.2 Å². The van der Waals surface area contributed by atoms with Crippen LogP contribution < -0.4 is 20.5 Å². The Hall–Kier alpha value is -4.22. The van der Waals surface area contributed by atoms with Crippen LogP contribution in [0.5, 0.6) is 17.2 Å². The van der Waals surface area contributed by atoms with E-state index < -0.39 is 35.3 Å². The van der Waals surface area contributed by atoms with Gasteiger partial charge >= 0.3 is 6.18 Å². The van der Waals surface area contributed by atoms with E-state index in [1.807, 2.05) is 0 Å². The Labute approximate surface area is 184 Å². The maximum absolute atomic E-state index is 13.5. The predicted molar refractivity (Wildman–Crippen MR) is 108 cm³/mol. The average Bonchev–Trinajstić information content (AvgIpc) is 2.74. The van der Waals surface area contributed by atoms with Crippen molar-refractivity contribution in [1.82, 2.24) is 9.97 Å². The molecule has 0 spiro atoms. The quantitative estimate of drug-likeness (QED) is 0.531. The third kappa shape index (κ3) is 5.34. The number of carbonyl (C=O) groups excluding carboxylic acids is 2. The zero-order chi connectivity index (χ0) is 24.3. The van der Waals surface area contributed by atoms with E-state index in [2.05, 4.69) is 15.3 Å². The standard InChI is InChI=1S/C21H16F4N4O4/c1-10-18(20(31)29-12-5-6-27-13(8-12)19(26)30)16(9-17(28-10)21(23,24)25)33-14-4-3-11(22)7-15(14)32-2/h3-9H,1-2H3,(H2,26,30)(H,27,29,31). The lowest BCUT2D eigenvalue weighted by molar-refractivity contribution is -0.141. The first kappa shape index (κ1) is 23.4. The van der Waals surface area contributed by atoms with Gasteiger partial charge in [-0.3, -0.25) is 14.6 Å². The number of benzene rings is 1. The van der Waals surface area contributed by atoms with E-state index in [1.165, 1.54) is 32.4 Å². The van der Waals surface area contributed by atoms with Gasteiger partial charge in [-0.05, 0) is 31.2 Å². The van der Waals surface area contributed by atoms with Crippen LogP contribution in [0.3, 0.4) is 0 Å². The molecule has 0 unspecified atom stereocenters. The van der Waals surface area contributed by atoms with Gasteiger partial charge in [0.25, 0.3) is 11.8 Å². The lowest BCUT2D eigenvalue weighted by Gasteiger charge is -2.17. The van der Waals surface area contributed by atoms with Crippen molar-refractivity contribution in [2.24, 2.45) is 5.73 Å². The van der Waals surface area contributed by atoms with Crippen LogP contribution in [-0.4, -0.2) is 28.9 Å². The largest absolute Gasteiger partial charge is 0.493 e. The number of alkyl halides is 3. The Morgan fingerprint density at radius 3 is 2.42 bits per heavy atom. The molecule has 8 nitrogen and oxygen atoms in total. The van der Waals surface area contributed by atoms with Crippen LogP contribution in [0.2, 0.25) is 0 Å². The second-order valence-corrected chi connectivity index (χ2v) is 6.61. The number of amides is 2. The minimum atomic E-state index is -4.83. The van der Waals surface area contributed by atoms with Crippen molar-refractivity contribution in [2.75, 3.05) is 12.4 Å². The molecule has 3 N–H and O–H groups in total. The van der Waals surface area contributed by atoms with Gasteiger partial charge in [0.1, 0.15) is 28.5 Å². The summed E-state index contributed by atoms with van der Waals surface area (Å²) in [4.78, 5) is 31.5. The molecule has 33 heavy (non-hydrogen) atoms. The number of ether oxygens (including phenoxy) is 2. The summed E-state index contributed by atoms with van der Waals surface area (Å²) in [5.74, 6) is -3.13. The van der Waals surface area contributed by atoms with Crippen LogP contribution in [0.1, 0.15) is 32.2 Å². The van der Waals surface area contributed by atoms with Gasteiger partial charge in [0.2, 0.25) is 0 Å². The molecule has 2 aromatic heterocycles. The highest BCUT2D eigenvalue weighted by Crippen LogP contribution is 2.38. The van der Waals surface area contributed by atoms with Gasteiger partial charge in [-0.15, -0.1) is 0 Å². The van der Waals surface area contributed by atoms with Crippen molar-refractivity contribution in [3.63, 3.8) is 0 Å². The zero-order valence-electron chi connectivity index (χ0n) is 17.2. The molecule has 3 aromatic rings. The fraction of sp³-hybridized carbons (Fsp3) is 0.143. The Morgan fingerprint density at radius 1 is 1.06 bits per heavy atom. The normalized spacial score (nSPS) is 11.1. The number of aryl methyl sites for hydroxylation is 1. The molecule has 172 valence electrons. The average molecular weight is 464 g/mol. The molecule has 0 aliphatic rings. The number of pyridine rings is 2. The highest BCUT2D eigenvalue weighted by atomic mass is 19.4. The fourth-order valence-corrected chi connectivity index (χ4v) is 2.83. The summed E-state index contributed by atoms with van der Waals surface area (Å²) in [5.41, 5.74) is 3.22. The van der Waals surface area contributed by atoms with Crippen molar-refractivity contribution in [2.45, 2.75) is 13.1 Å². The van der Waals surface area contributed by atoms with Gasteiger partial charge in [-0.25, -0.2) is 9.37 Å². The Kier molecular flexibility index (Phi) is 6.47. The number of nitrogens with zero attached hydrogens (tertiary/aromatic N) is 2. The van der Waals surface area contributed by atoms with Crippen molar-refractivity contribution in [3.05, 3.63) is 71.1 Å². The zero-order valence-corrected chi connectivity index (χ0v) is 17.2. The highest BCUT2D eigenvalue weighted by Gasteiger charge is 2.35. The fourth-order valence-electron chi connectivity index (χ4n) is 2.83. The second kappa shape index (κ2) is 9.10. The van der Waals surface area contributed by atoms with E-state index in [-0.39, 0.29) is 34.1 Å². The highest BCUT2D eigenvalue weighted by molar-refractivity contribution is 6.07. The first-order valence-electron chi connectivity index (χ1n) is 9.17. The van der Waals surface area contributed by atoms with Crippen LogP contribution in [-0.2, 0) is 6.18 Å². The van der Waals surface area contributed by atoms with Gasteiger partial charge in [0.05, 0.1) is 12.8 Å². The minimum absolute atomic E-state index is 0.105. The van der Waals surface area contributed by atoms with Crippen molar-refractivity contribution < 1.29 is 36.6 Å². The van der Waals surface area contributed by atoms with Crippen LogP contribution >= 0.6 is 0 Å². The SMILES string of the molecule is COc1cc(F)ccc1Oc1cc(C(F)(F)F)nc(C)c1C(=O)Nc1ccnc(C(N)=O)c1. The number of carbonyl (C=O) groups is 2. The molecular weight excluding hydrogens is 448 g/mol. The van der Waals surface area contributed by atoms with E-state index in [0.29, 0.717) is 6.07 Å². The summed E-state index contributed by atoms with van der Waals surface area (Å²) in [6.45, 7) is 1.19. The lowest BCUT2D eigenvalue weighted by atomic mass is 10.1. The molecular formula is C21H16F4N4O4. The van der Waals surface area contributed by atoms with E-state index in [4.69, 9.17) is 15.2 Å². The number of nitrogens with two attached hydrogens (primary N) is 1. The summed E-state index contributed by atoms with van der Waals surface area (Å²) < 4.78 is 64.1. The number of rotatable bonds is 6. The van der Waals surface area contributed by atoms with Gasteiger partial charge in [-0.1, -0.05) is 0 Å². The molecule has 0 bridgehead atoms. The van der Waals surface area contributed by atoms with E-state index in [1.54, 1.807) is 0 Å². The van der Waals surface area contributed by atoms with Crippen LogP contribution in [0.4, 0.5) is 23.2 Å². The maximum atomic E-state index is 13.5. The maximum Gasteiger partial charge on any atom is 0.433 e. The molecule has 2 amide bonds. The third-order valence-electron chi connectivity index (χ3n) is 4.30. The molecule has 0 radical (unpaired) electrons. The molecule has 0 saturated carbocycles. The molecule has 0 saturated heterocycles. The number of primary amides is 1. The molecule has 0 atom stereocenters. The van der Waals surface area contributed by atoms with Crippen molar-refractivity contribution in [1.29, 1.82) is 0 Å². The van der Waals surface area contributed by atoms with Gasteiger partial charge in [-0.2, -0.15) is 13.2 Å². The molecule has 2 heterocycles. The summed E-state index contributed by atoms with van der Waals surface area (Å²) in [6, 6.07) is 6.21. The second-order valence-electron chi connectivity index (χ2n) is 6.61. The number of methoxy groups -OCH3 is 1. The summed E-state index contributed by atoms with van der Waals surface area (Å²) in [6.07, 6.45) is -3.61. The third-order valence-corrected chi connectivity index (χ3v) is 4.30. The Bertz CT molecular complexity index is 1230. The van der Waals surface area contributed by atoms with Gasteiger partial charge in [0.15, 0.2) is 11.5 Å². The van der Waals surface area contributed by atoms with Gasteiger partial charge in [0, 0.05) is 24.0 Å². The summed E-state index contributed by atoms with van der Waals surface area (Å²) in [5, 5.41) is 2.44. The molecule has 0 aliphatic carbocycles. The Morgan fingerprint density at radius 2 is 1.79 bits per heavy atom. The number of hydrogen-bond acceptors (Lipinski definition) is 6. The van der Waals surface area contributed by atoms with E-state index in [0.717, 1.165) is 18.2 Å². The molecule has 3 rings (SSSR count). The smallest absolute Gasteiger partial charge is 0.433 e. The van der Waals surface area contributed by atoms with Crippen molar-refractivity contribution >= 4 is 17.5 Å². The molecule has 0 aliphatic heterocycles. The van der Waals surface area contributed by atoms with Crippen LogP contribution in [0.25, 0.3) is 0 Å². The summed E-state index contributed by atoms with van der Waals surface area (Å²) >= 11 is 0. The van der Waals surface area contributed by atoms with E-state index >= 15 is 0 Å². The van der Waals surface area contributed by atoms with Gasteiger partial charge < -0.3 is 20.5 Å². The number of aromatic nitrogens is 2. The summed E-state index contributed by atoms with van der Waals surface area (Å²) in [7, 11) is 1.22. The van der Waals surface area contributed by atoms with Crippen LogP contribution in [0.15, 0.2) is 42.6 Å². The molecule has 1 aromatic carbocycles. The number of anilines is 1. The number of halogens is 4. The predicted octanol–water partition coefficient (Wildman–Crippen LogP) is 4.10. The number of nitrogens with one attached hydrogen (secondary N) is 1. The first-order chi connectivity index (χ1) is 15.5. The first-order valence-corrected chi connectivity index (χ1v) is 9.17. The van der Waals surface area contributed by atoms with Crippen molar-refractivity contribution in [3.8, 4) is 17.2 Å². The molecule has 0 fully saturated rings. The minimum Gasteiger partial charge on any atom is -0.493 e.